The second-order valence-corrected chi connectivity index (χ2v) is 13.0. The van der Waals surface area contributed by atoms with Gasteiger partial charge in [0.15, 0.2) is 0 Å². The molecule has 51 heavy (non-hydrogen) atoms. The van der Waals surface area contributed by atoms with Gasteiger partial charge in [-0.15, -0.1) is 0 Å². The number of nitrogens with one attached hydrogen (secondary N) is 1. The van der Waals surface area contributed by atoms with Gasteiger partial charge in [0.1, 0.15) is 0 Å². The Morgan fingerprint density at radius 1 is 0.471 bits per heavy atom. The van der Waals surface area contributed by atoms with Crippen LogP contribution in [0.3, 0.4) is 0 Å². The molecule has 9 aromatic rings. The Kier molecular flexibility index (Phi) is 7.74. The summed E-state index contributed by atoms with van der Waals surface area (Å²) in [7, 11) is 0. The van der Waals surface area contributed by atoms with E-state index in [1.165, 1.54) is 71.6 Å². The Morgan fingerprint density at radius 2 is 1.10 bits per heavy atom. The third-order valence-electron chi connectivity index (χ3n) is 10.1. The van der Waals surface area contributed by atoms with Crippen molar-refractivity contribution in [3.8, 4) is 22.5 Å². The summed E-state index contributed by atoms with van der Waals surface area (Å²) in [6.45, 7) is 4.00. The Balaban J connectivity index is 0.00000171. The quantitative estimate of drug-likeness (QED) is 0.195. The largest absolute Gasteiger partial charge is 0.355 e. The molecule has 0 amide bonds. The van der Waals surface area contributed by atoms with E-state index in [4.69, 9.17) is 0 Å². The number of allylic oxidation sites excluding steroid dienone is 1. The first-order valence-corrected chi connectivity index (χ1v) is 18.1. The van der Waals surface area contributed by atoms with Gasteiger partial charge in [-0.3, -0.25) is 0 Å². The molecule has 1 N–H and O–H groups in total. The molecule has 0 bridgehead atoms. The van der Waals surface area contributed by atoms with E-state index in [1.54, 1.807) is 0 Å². The first-order chi connectivity index (χ1) is 25.3. The summed E-state index contributed by atoms with van der Waals surface area (Å²) in [5.74, 6) is 0. The van der Waals surface area contributed by atoms with E-state index in [9.17, 15) is 0 Å². The van der Waals surface area contributed by atoms with E-state index in [0.29, 0.717) is 0 Å². The standard InChI is InChI=1S/C46H33N3.C2H6/c1-2-16-36(17-3-1)48-43-21-8-6-19-38(43)41-27-25-35(30-46(41)48)47-34-15-10-14-32(28-34)33-24-26-40-39-20-7-9-22-44(39)49(45(40)29-33)42-23-11-13-31-12-4-5-18-37(31)42;1-2/h1-4,6-17,19-30,47H,5,18H2;1-2H3. The molecule has 3 nitrogen and oxygen atoms in total. The number of nitrogens with zero attached hydrogens (tertiary/aromatic N) is 2. The maximum absolute atomic E-state index is 3.73. The maximum atomic E-state index is 3.73. The number of hydrogen-bond donors (Lipinski definition) is 1. The van der Waals surface area contributed by atoms with Gasteiger partial charge in [0.25, 0.3) is 0 Å². The zero-order chi connectivity index (χ0) is 34.3. The van der Waals surface area contributed by atoms with Crippen LogP contribution in [0.2, 0.25) is 0 Å². The average Bonchev–Trinajstić information content (AvgIpc) is 3.71. The summed E-state index contributed by atoms with van der Waals surface area (Å²) in [5.41, 5.74) is 14.6. The lowest BCUT2D eigenvalue weighted by Crippen LogP contribution is -2.03. The zero-order valence-corrected chi connectivity index (χ0v) is 29.0. The van der Waals surface area contributed by atoms with E-state index in [0.717, 1.165) is 29.9 Å². The molecule has 0 fully saturated rings. The van der Waals surface area contributed by atoms with Crippen LogP contribution in [0.1, 0.15) is 31.4 Å². The number of aromatic nitrogens is 2. The van der Waals surface area contributed by atoms with Crippen molar-refractivity contribution in [3.63, 3.8) is 0 Å². The molecule has 10 rings (SSSR count). The lowest BCUT2D eigenvalue weighted by atomic mass is 9.95. The van der Waals surface area contributed by atoms with E-state index in [2.05, 4.69) is 184 Å². The van der Waals surface area contributed by atoms with Crippen LogP contribution in [0.5, 0.6) is 0 Å². The van der Waals surface area contributed by atoms with Crippen molar-refractivity contribution in [2.45, 2.75) is 26.7 Å². The van der Waals surface area contributed by atoms with Crippen molar-refractivity contribution in [1.29, 1.82) is 0 Å². The number of hydrogen-bond acceptors (Lipinski definition) is 1. The molecule has 0 radical (unpaired) electrons. The van der Waals surface area contributed by atoms with Gasteiger partial charge in [0.05, 0.1) is 22.1 Å². The molecule has 0 unspecified atom stereocenters. The van der Waals surface area contributed by atoms with Crippen molar-refractivity contribution in [3.05, 3.63) is 175 Å². The van der Waals surface area contributed by atoms with Gasteiger partial charge in [0, 0.05) is 44.3 Å². The van der Waals surface area contributed by atoms with E-state index >= 15 is 0 Å². The Labute approximate surface area is 298 Å². The van der Waals surface area contributed by atoms with Crippen LogP contribution >= 0.6 is 0 Å². The highest BCUT2D eigenvalue weighted by Gasteiger charge is 2.18. The summed E-state index contributed by atoms with van der Waals surface area (Å²) < 4.78 is 4.84. The molecule has 246 valence electrons. The number of benzene rings is 7. The fraction of sp³-hybridized carbons (Fsp3) is 0.0833. The minimum absolute atomic E-state index is 1.06. The van der Waals surface area contributed by atoms with Crippen LogP contribution in [0, 0.1) is 0 Å². The van der Waals surface area contributed by atoms with E-state index < -0.39 is 0 Å². The first-order valence-electron chi connectivity index (χ1n) is 18.1. The lowest BCUT2D eigenvalue weighted by Gasteiger charge is -2.18. The summed E-state index contributed by atoms with van der Waals surface area (Å²) >= 11 is 0. The monoisotopic (exact) mass is 657 g/mol. The molecule has 7 aromatic carbocycles. The Morgan fingerprint density at radius 3 is 1.90 bits per heavy atom. The van der Waals surface area contributed by atoms with Crippen molar-refractivity contribution in [1.82, 2.24) is 9.13 Å². The molecule has 0 saturated heterocycles. The van der Waals surface area contributed by atoms with Crippen molar-refractivity contribution in [2.24, 2.45) is 0 Å². The van der Waals surface area contributed by atoms with Crippen LogP contribution in [0.4, 0.5) is 11.4 Å². The van der Waals surface area contributed by atoms with E-state index in [-0.39, 0.29) is 0 Å². The number of fused-ring (bicyclic) bond motifs is 7. The molecule has 0 saturated carbocycles. The molecule has 0 aliphatic heterocycles. The van der Waals surface area contributed by atoms with Gasteiger partial charge in [0.2, 0.25) is 0 Å². The highest BCUT2D eigenvalue weighted by molar-refractivity contribution is 6.11. The van der Waals surface area contributed by atoms with Gasteiger partial charge in [-0.2, -0.15) is 0 Å². The van der Waals surface area contributed by atoms with Gasteiger partial charge in [-0.05, 0) is 95.8 Å². The van der Waals surface area contributed by atoms with Gasteiger partial charge < -0.3 is 14.5 Å². The SMILES string of the molecule is C1=Cc2cccc(-n3c4ccccc4c4ccc(-c5cccc(Nc6ccc7c8ccccc8n(-c8ccccc8)c7c6)c5)cc43)c2CC1.CC. The predicted octanol–water partition coefficient (Wildman–Crippen LogP) is 13.3. The topological polar surface area (TPSA) is 21.9 Å². The van der Waals surface area contributed by atoms with Crippen molar-refractivity contribution < 1.29 is 0 Å². The molecule has 2 aromatic heterocycles. The van der Waals surface area contributed by atoms with Gasteiger partial charge in [-0.1, -0.05) is 123 Å². The van der Waals surface area contributed by atoms with Crippen LogP contribution < -0.4 is 5.32 Å². The second kappa shape index (κ2) is 12.9. The Hall–Kier alpha value is -6.32. The van der Waals surface area contributed by atoms with Crippen LogP contribution in [-0.2, 0) is 6.42 Å². The molecule has 3 heteroatoms. The van der Waals surface area contributed by atoms with Crippen molar-refractivity contribution in [2.75, 3.05) is 5.32 Å². The maximum Gasteiger partial charge on any atom is 0.0561 e. The third-order valence-corrected chi connectivity index (χ3v) is 10.1. The van der Waals surface area contributed by atoms with Crippen LogP contribution in [0.25, 0.3) is 72.2 Å². The molecule has 2 heterocycles. The minimum atomic E-state index is 1.06. The Bertz CT molecular complexity index is 2740. The summed E-state index contributed by atoms with van der Waals surface area (Å²) in [4.78, 5) is 0. The van der Waals surface area contributed by atoms with Crippen molar-refractivity contribution >= 4 is 61.1 Å². The highest BCUT2D eigenvalue weighted by atomic mass is 15.0. The zero-order valence-electron chi connectivity index (χ0n) is 29.0. The van der Waals surface area contributed by atoms with Crippen LogP contribution in [0.15, 0.2) is 164 Å². The lowest BCUT2D eigenvalue weighted by molar-refractivity contribution is 0.961. The molecule has 0 atom stereocenters. The normalized spacial score (nSPS) is 12.3. The molecule has 0 spiro atoms. The number of anilines is 2. The smallest absolute Gasteiger partial charge is 0.0561 e. The molecular weight excluding hydrogens is 619 g/mol. The summed E-state index contributed by atoms with van der Waals surface area (Å²) in [6.07, 6.45) is 6.70. The van der Waals surface area contributed by atoms with Gasteiger partial charge in [-0.25, -0.2) is 0 Å². The summed E-state index contributed by atoms with van der Waals surface area (Å²) in [6, 6.07) is 57.3. The molecular formula is C48H39N3. The molecule has 1 aliphatic carbocycles. The summed E-state index contributed by atoms with van der Waals surface area (Å²) in [5, 5.41) is 8.80. The fourth-order valence-corrected chi connectivity index (χ4v) is 7.92. The minimum Gasteiger partial charge on any atom is -0.355 e. The number of para-hydroxylation sites is 3. The fourth-order valence-electron chi connectivity index (χ4n) is 7.92. The van der Waals surface area contributed by atoms with Crippen LogP contribution in [-0.4, -0.2) is 9.13 Å². The second-order valence-electron chi connectivity index (χ2n) is 13.0. The first kappa shape index (κ1) is 30.7. The number of rotatable bonds is 5. The van der Waals surface area contributed by atoms with E-state index in [1.807, 2.05) is 13.8 Å². The highest BCUT2D eigenvalue weighted by Crippen LogP contribution is 2.38. The predicted molar refractivity (Wildman–Crippen MR) is 219 cm³/mol. The molecule has 1 aliphatic rings. The van der Waals surface area contributed by atoms with Gasteiger partial charge >= 0.3 is 0 Å². The third kappa shape index (κ3) is 5.21. The average molecular weight is 658 g/mol.